The van der Waals surface area contributed by atoms with E-state index in [0.717, 1.165) is 16.3 Å². The van der Waals surface area contributed by atoms with Crippen molar-refractivity contribution in [2.75, 3.05) is 19.6 Å². The maximum Gasteiger partial charge on any atom is 0.243 e. The highest BCUT2D eigenvalue weighted by molar-refractivity contribution is 5.95. The molecule has 3 rings (SSSR count). The summed E-state index contributed by atoms with van der Waals surface area (Å²) >= 11 is 0. The number of guanidine groups is 1. The summed E-state index contributed by atoms with van der Waals surface area (Å²) in [6.45, 7) is 1.18. The van der Waals surface area contributed by atoms with Gasteiger partial charge in [0, 0.05) is 13.1 Å². The predicted molar refractivity (Wildman–Crippen MR) is 158 cm³/mol. The number of primary amides is 1. The second-order valence-corrected chi connectivity index (χ2v) is 10.3. The third kappa shape index (κ3) is 9.17. The van der Waals surface area contributed by atoms with Crippen molar-refractivity contribution in [1.29, 1.82) is 0 Å². The lowest BCUT2D eigenvalue weighted by atomic mass is 10.0. The molecule has 2 aromatic rings. The second-order valence-electron chi connectivity index (χ2n) is 10.3. The number of nitrogens with zero attached hydrogens (tertiary/aromatic N) is 2. The highest BCUT2D eigenvalue weighted by atomic mass is 16.2. The molecule has 1 aliphatic rings. The molecule has 4 amide bonds. The number of unbranched alkanes of at least 4 members (excludes halogenated alkanes) is 1. The lowest BCUT2D eigenvalue weighted by Gasteiger charge is -2.27. The molecular weight excluding hydrogens is 524 g/mol. The molecule has 1 heterocycles. The summed E-state index contributed by atoms with van der Waals surface area (Å²) < 4.78 is 0. The lowest BCUT2D eigenvalue weighted by Crippen LogP contribution is -2.56. The quantitative estimate of drug-likeness (QED) is 0.0986. The maximum atomic E-state index is 13.4. The molecule has 2 aromatic carbocycles. The molecule has 2 unspecified atom stereocenters. The third-order valence-electron chi connectivity index (χ3n) is 7.28. The Bertz CT molecular complexity index is 1240. The van der Waals surface area contributed by atoms with Crippen molar-refractivity contribution in [2.24, 2.45) is 27.9 Å². The minimum atomic E-state index is -0.948. The van der Waals surface area contributed by atoms with Crippen molar-refractivity contribution in [2.45, 2.75) is 69.5 Å². The number of nitrogens with one attached hydrogen (secondary N) is 2. The van der Waals surface area contributed by atoms with Crippen LogP contribution in [0.25, 0.3) is 10.8 Å². The number of carbonyl (C=O) groups is 4. The number of likely N-dealkylation sites (tertiary alicyclic amines) is 1. The van der Waals surface area contributed by atoms with Gasteiger partial charge >= 0.3 is 0 Å². The lowest BCUT2D eigenvalue weighted by molar-refractivity contribution is -0.139. The van der Waals surface area contributed by atoms with Crippen molar-refractivity contribution in [3.05, 3.63) is 48.0 Å². The van der Waals surface area contributed by atoms with E-state index in [4.69, 9.17) is 22.9 Å². The number of carbonyl (C=O) groups excluding carboxylic acids is 4. The predicted octanol–water partition coefficient (Wildman–Crippen LogP) is 0.0108. The van der Waals surface area contributed by atoms with Gasteiger partial charge in [-0.3, -0.25) is 24.2 Å². The summed E-state index contributed by atoms with van der Waals surface area (Å²) in [4.78, 5) is 57.5. The van der Waals surface area contributed by atoms with Gasteiger partial charge in [0.05, 0.1) is 6.42 Å². The van der Waals surface area contributed by atoms with E-state index in [1.165, 1.54) is 0 Å². The molecule has 12 nitrogen and oxygen atoms in total. The standard InChI is InChI=1S/C29H42N8O4/c30-15-4-3-12-23(27(40)35-22(26(31)39)13-6-16-34-29(32)33)36-28(41)24-14-7-17-37(24)25(38)18-20-10-5-9-19-8-1-2-11-21(19)20/h1-2,5,8-11,22-24H,3-4,6-7,12-18,30H2,(H2,31,39)(H,35,40)(H,36,41)(H4,32,33,34)/t22?,23?,24-/m0/s1. The number of benzene rings is 2. The van der Waals surface area contributed by atoms with Crippen LogP contribution in [0.5, 0.6) is 0 Å². The van der Waals surface area contributed by atoms with Crippen LogP contribution in [-0.4, -0.2) is 72.2 Å². The van der Waals surface area contributed by atoms with Gasteiger partial charge in [-0.1, -0.05) is 42.5 Å². The summed E-state index contributed by atoms with van der Waals surface area (Å²) in [6, 6.07) is 11.2. The van der Waals surface area contributed by atoms with Crippen molar-refractivity contribution >= 4 is 40.4 Å². The third-order valence-corrected chi connectivity index (χ3v) is 7.28. The Morgan fingerprint density at radius 2 is 1.66 bits per heavy atom. The first-order valence-corrected chi connectivity index (χ1v) is 14.1. The van der Waals surface area contributed by atoms with Gasteiger partial charge in [-0.05, 0) is 67.8 Å². The Morgan fingerprint density at radius 1 is 0.927 bits per heavy atom. The molecule has 12 heteroatoms. The van der Waals surface area contributed by atoms with Crippen molar-refractivity contribution < 1.29 is 19.2 Å². The monoisotopic (exact) mass is 566 g/mol. The normalized spacial score (nSPS) is 16.1. The van der Waals surface area contributed by atoms with Crippen molar-refractivity contribution in [3.63, 3.8) is 0 Å². The highest BCUT2D eigenvalue weighted by Crippen LogP contribution is 2.23. The fourth-order valence-corrected chi connectivity index (χ4v) is 5.14. The number of aliphatic imine (C=N–C) groups is 1. The summed E-state index contributed by atoms with van der Waals surface area (Å²) in [6.07, 6.45) is 3.59. The summed E-state index contributed by atoms with van der Waals surface area (Å²) in [5.74, 6) is -1.82. The SMILES string of the molecule is NCCCCC(NC(=O)[C@@H]1CCCN1C(=O)Cc1cccc2ccccc12)C(=O)NC(CCCN=C(N)N)C(N)=O. The first-order chi connectivity index (χ1) is 19.7. The number of fused-ring (bicyclic) bond motifs is 1. The second kappa shape index (κ2) is 15.6. The van der Waals surface area contributed by atoms with E-state index < -0.39 is 35.8 Å². The van der Waals surface area contributed by atoms with Crippen LogP contribution in [0.3, 0.4) is 0 Å². The van der Waals surface area contributed by atoms with Crippen LogP contribution in [0.2, 0.25) is 0 Å². The van der Waals surface area contributed by atoms with E-state index in [2.05, 4.69) is 15.6 Å². The van der Waals surface area contributed by atoms with E-state index in [9.17, 15) is 19.2 Å². The van der Waals surface area contributed by atoms with Crippen molar-refractivity contribution in [3.8, 4) is 0 Å². The maximum absolute atomic E-state index is 13.4. The average molecular weight is 567 g/mol. The molecule has 3 atom stereocenters. The van der Waals surface area contributed by atoms with Gasteiger partial charge in [0.2, 0.25) is 23.6 Å². The minimum Gasteiger partial charge on any atom is -0.370 e. The first kappa shape index (κ1) is 31.3. The Kier molecular flexibility index (Phi) is 11.9. The van der Waals surface area contributed by atoms with Crippen LogP contribution in [0.4, 0.5) is 0 Å². The van der Waals surface area contributed by atoms with Gasteiger partial charge in [0.25, 0.3) is 0 Å². The summed E-state index contributed by atoms with van der Waals surface area (Å²) in [5.41, 5.74) is 22.7. The zero-order valence-corrected chi connectivity index (χ0v) is 23.4. The van der Waals surface area contributed by atoms with Gasteiger partial charge in [0.15, 0.2) is 5.96 Å². The minimum absolute atomic E-state index is 0.0658. The molecule has 10 N–H and O–H groups in total. The fourth-order valence-electron chi connectivity index (χ4n) is 5.14. The smallest absolute Gasteiger partial charge is 0.243 e. The van der Waals surface area contributed by atoms with Gasteiger partial charge in [-0.15, -0.1) is 0 Å². The Labute approximate surface area is 240 Å². The number of hydrogen-bond donors (Lipinski definition) is 6. The van der Waals surface area contributed by atoms with E-state index in [1.807, 2.05) is 42.5 Å². The molecule has 0 bridgehead atoms. The number of nitrogens with two attached hydrogens (primary N) is 4. The molecular formula is C29H42N8O4. The van der Waals surface area contributed by atoms with Crippen LogP contribution >= 0.6 is 0 Å². The molecule has 0 radical (unpaired) electrons. The fraction of sp³-hybridized carbons (Fsp3) is 0.483. The highest BCUT2D eigenvalue weighted by Gasteiger charge is 2.36. The molecule has 0 saturated carbocycles. The molecule has 0 aliphatic carbocycles. The van der Waals surface area contributed by atoms with Crippen LogP contribution in [0.15, 0.2) is 47.5 Å². The van der Waals surface area contributed by atoms with Crippen LogP contribution in [0.1, 0.15) is 50.5 Å². The Balaban J connectivity index is 1.67. The molecule has 41 heavy (non-hydrogen) atoms. The first-order valence-electron chi connectivity index (χ1n) is 14.1. The zero-order chi connectivity index (χ0) is 29.8. The van der Waals surface area contributed by atoms with Crippen LogP contribution in [0, 0.1) is 0 Å². The van der Waals surface area contributed by atoms with Gasteiger partial charge in [-0.25, -0.2) is 0 Å². The van der Waals surface area contributed by atoms with Gasteiger partial charge in [0.1, 0.15) is 18.1 Å². The number of hydrogen-bond acceptors (Lipinski definition) is 6. The van der Waals surface area contributed by atoms with E-state index in [1.54, 1.807) is 4.90 Å². The van der Waals surface area contributed by atoms with Crippen LogP contribution < -0.4 is 33.6 Å². The zero-order valence-electron chi connectivity index (χ0n) is 23.4. The van der Waals surface area contributed by atoms with Gasteiger partial charge < -0.3 is 38.5 Å². The van der Waals surface area contributed by atoms with Crippen LogP contribution in [-0.2, 0) is 25.6 Å². The van der Waals surface area contributed by atoms with Gasteiger partial charge in [-0.2, -0.15) is 0 Å². The molecule has 0 spiro atoms. The average Bonchev–Trinajstić information content (AvgIpc) is 3.44. The van der Waals surface area contributed by atoms with E-state index >= 15 is 0 Å². The van der Waals surface area contributed by atoms with E-state index in [0.29, 0.717) is 51.6 Å². The largest absolute Gasteiger partial charge is 0.370 e. The topological polar surface area (TPSA) is 212 Å². The molecule has 0 aromatic heterocycles. The number of rotatable bonds is 15. The molecule has 1 saturated heterocycles. The number of amides is 4. The Hall–Kier alpha value is -4.19. The Morgan fingerprint density at radius 3 is 2.39 bits per heavy atom. The summed E-state index contributed by atoms with van der Waals surface area (Å²) in [5, 5.41) is 7.54. The molecule has 1 aliphatic heterocycles. The summed E-state index contributed by atoms with van der Waals surface area (Å²) in [7, 11) is 0. The molecule has 222 valence electrons. The van der Waals surface area contributed by atoms with Crippen molar-refractivity contribution in [1.82, 2.24) is 15.5 Å². The molecule has 1 fully saturated rings. The van der Waals surface area contributed by atoms with E-state index in [-0.39, 0.29) is 31.3 Å².